The number of aromatic nitrogens is 1. The monoisotopic (exact) mass is 337 g/mol. The summed E-state index contributed by atoms with van der Waals surface area (Å²) in [5.41, 5.74) is 0.279. The SMILES string of the molecule is COc1ncc(Br)cc1C(O)=CP(=O)(OC)OC. The summed E-state index contributed by atoms with van der Waals surface area (Å²) in [4.78, 5) is 3.96. The van der Waals surface area contributed by atoms with Crippen molar-refractivity contribution in [1.82, 2.24) is 4.98 Å². The van der Waals surface area contributed by atoms with Crippen molar-refractivity contribution in [2.75, 3.05) is 21.3 Å². The minimum Gasteiger partial charge on any atom is -0.507 e. The van der Waals surface area contributed by atoms with Gasteiger partial charge >= 0.3 is 7.60 Å². The molecular formula is C10H13BrNO5P. The maximum atomic E-state index is 11.9. The second kappa shape index (κ2) is 6.33. The first-order valence-electron chi connectivity index (χ1n) is 4.78. The highest BCUT2D eigenvalue weighted by atomic mass is 79.9. The Kier molecular flexibility index (Phi) is 5.34. The minimum atomic E-state index is -3.46. The van der Waals surface area contributed by atoms with Gasteiger partial charge in [-0.2, -0.15) is 0 Å². The molecule has 6 nitrogen and oxygen atoms in total. The van der Waals surface area contributed by atoms with Crippen LogP contribution in [0, 0.1) is 0 Å². The molecule has 0 atom stereocenters. The second-order valence-corrected chi connectivity index (χ2v) is 6.11. The van der Waals surface area contributed by atoms with Crippen LogP contribution in [0.3, 0.4) is 0 Å². The molecule has 0 bridgehead atoms. The molecule has 0 fully saturated rings. The highest BCUT2D eigenvalue weighted by Crippen LogP contribution is 2.50. The third kappa shape index (κ3) is 3.55. The molecule has 1 heterocycles. The molecule has 0 aromatic carbocycles. The Morgan fingerprint density at radius 1 is 1.44 bits per heavy atom. The van der Waals surface area contributed by atoms with E-state index < -0.39 is 7.60 Å². The van der Waals surface area contributed by atoms with E-state index in [1.165, 1.54) is 27.5 Å². The summed E-state index contributed by atoms with van der Waals surface area (Å²) in [5.74, 6) is 0.900. The van der Waals surface area contributed by atoms with Crippen molar-refractivity contribution in [3.8, 4) is 5.88 Å². The molecule has 1 aromatic rings. The van der Waals surface area contributed by atoms with Crippen LogP contribution in [-0.2, 0) is 13.6 Å². The van der Waals surface area contributed by atoms with E-state index >= 15 is 0 Å². The Labute approximate surface area is 113 Å². The van der Waals surface area contributed by atoms with Gasteiger partial charge in [-0.05, 0) is 22.0 Å². The molecule has 100 valence electrons. The lowest BCUT2D eigenvalue weighted by atomic mass is 10.2. The number of hydrogen-bond acceptors (Lipinski definition) is 6. The Hall–Kier alpha value is -0.880. The van der Waals surface area contributed by atoms with Gasteiger partial charge in [0, 0.05) is 24.9 Å². The van der Waals surface area contributed by atoms with Gasteiger partial charge in [-0.15, -0.1) is 0 Å². The molecule has 8 heteroatoms. The fourth-order valence-electron chi connectivity index (χ4n) is 1.17. The maximum absolute atomic E-state index is 11.9. The molecule has 1 N–H and O–H groups in total. The van der Waals surface area contributed by atoms with E-state index in [9.17, 15) is 9.67 Å². The van der Waals surface area contributed by atoms with Gasteiger partial charge in [0.15, 0.2) is 0 Å². The second-order valence-electron chi connectivity index (χ2n) is 3.13. The summed E-state index contributed by atoms with van der Waals surface area (Å²) in [5, 5.41) is 9.94. The van der Waals surface area contributed by atoms with Crippen molar-refractivity contribution in [2.45, 2.75) is 0 Å². The first kappa shape index (κ1) is 15.2. The molecule has 0 amide bonds. The summed E-state index contributed by atoms with van der Waals surface area (Å²) in [7, 11) is 0.410. The molecule has 18 heavy (non-hydrogen) atoms. The molecule has 1 rings (SSSR count). The van der Waals surface area contributed by atoms with Gasteiger partial charge in [0.2, 0.25) is 5.88 Å². The number of aliphatic hydroxyl groups excluding tert-OH is 1. The van der Waals surface area contributed by atoms with Crippen LogP contribution in [0.4, 0.5) is 0 Å². The molecule has 0 saturated heterocycles. The number of ether oxygens (including phenoxy) is 1. The zero-order valence-electron chi connectivity index (χ0n) is 10.1. The molecule has 0 aliphatic carbocycles. The Morgan fingerprint density at radius 3 is 2.56 bits per heavy atom. The van der Waals surface area contributed by atoms with E-state index in [1.807, 2.05) is 0 Å². The lowest BCUT2D eigenvalue weighted by molar-refractivity contribution is 0.285. The van der Waals surface area contributed by atoms with Gasteiger partial charge < -0.3 is 18.9 Å². The lowest BCUT2D eigenvalue weighted by Gasteiger charge is -2.11. The third-order valence-corrected chi connectivity index (χ3v) is 4.09. The van der Waals surface area contributed by atoms with E-state index in [0.29, 0.717) is 4.47 Å². The summed E-state index contributed by atoms with van der Waals surface area (Å²) in [6.45, 7) is 0. The van der Waals surface area contributed by atoms with Crippen LogP contribution in [0.1, 0.15) is 5.56 Å². The summed E-state index contributed by atoms with van der Waals surface area (Å²) in [6.07, 6.45) is 1.52. The Morgan fingerprint density at radius 2 is 2.06 bits per heavy atom. The number of hydrogen-bond donors (Lipinski definition) is 1. The largest absolute Gasteiger partial charge is 0.507 e. The number of halogens is 1. The van der Waals surface area contributed by atoms with Gasteiger partial charge in [0.25, 0.3) is 0 Å². The average Bonchev–Trinajstić information content (AvgIpc) is 2.38. The van der Waals surface area contributed by atoms with E-state index in [4.69, 9.17) is 13.8 Å². The number of methoxy groups -OCH3 is 1. The zero-order chi connectivity index (χ0) is 13.8. The standard InChI is InChI=1S/C10H13BrNO5P/c1-15-10-8(4-7(11)5-12-10)9(13)6-18(14,16-2)17-3/h4-6,13H,1-3H3. The van der Waals surface area contributed by atoms with Crippen molar-refractivity contribution in [3.63, 3.8) is 0 Å². The third-order valence-electron chi connectivity index (χ3n) is 2.08. The number of pyridine rings is 1. The zero-order valence-corrected chi connectivity index (χ0v) is 12.6. The van der Waals surface area contributed by atoms with E-state index in [0.717, 1.165) is 5.82 Å². The summed E-state index contributed by atoms with van der Waals surface area (Å²) >= 11 is 3.22. The molecule has 0 aliphatic heterocycles. The topological polar surface area (TPSA) is 77.9 Å². The van der Waals surface area contributed by atoms with E-state index in [-0.39, 0.29) is 17.2 Å². The highest BCUT2D eigenvalue weighted by molar-refractivity contribution is 9.10. The molecular weight excluding hydrogens is 325 g/mol. The Bertz CT molecular complexity index is 497. The van der Waals surface area contributed by atoms with Crippen molar-refractivity contribution in [2.24, 2.45) is 0 Å². The van der Waals surface area contributed by atoms with Gasteiger partial charge in [-0.25, -0.2) is 4.98 Å². The van der Waals surface area contributed by atoms with Crippen LogP contribution in [0.5, 0.6) is 5.88 Å². The molecule has 0 spiro atoms. The van der Waals surface area contributed by atoms with Crippen molar-refractivity contribution in [3.05, 3.63) is 28.1 Å². The summed E-state index contributed by atoms with van der Waals surface area (Å²) < 4.78 is 26.9. The van der Waals surface area contributed by atoms with Crippen LogP contribution in [0.15, 0.2) is 22.6 Å². The quantitative estimate of drug-likeness (QED) is 0.656. The van der Waals surface area contributed by atoms with Crippen LogP contribution in [0.2, 0.25) is 0 Å². The average molecular weight is 338 g/mol. The van der Waals surface area contributed by atoms with Crippen molar-refractivity contribution in [1.29, 1.82) is 0 Å². The smallest absolute Gasteiger partial charge is 0.357 e. The minimum absolute atomic E-state index is 0.200. The number of aliphatic hydroxyl groups is 1. The summed E-state index contributed by atoms with van der Waals surface area (Å²) in [6, 6.07) is 1.58. The van der Waals surface area contributed by atoms with Crippen LogP contribution < -0.4 is 4.74 Å². The first-order chi connectivity index (χ1) is 8.45. The molecule has 0 saturated carbocycles. The van der Waals surface area contributed by atoms with Crippen molar-refractivity contribution >= 4 is 29.3 Å². The number of nitrogens with zero attached hydrogens (tertiary/aromatic N) is 1. The highest BCUT2D eigenvalue weighted by Gasteiger charge is 2.21. The predicted molar refractivity (Wildman–Crippen MR) is 70.7 cm³/mol. The van der Waals surface area contributed by atoms with Gasteiger partial charge in [0.1, 0.15) is 5.76 Å². The maximum Gasteiger partial charge on any atom is 0.357 e. The van der Waals surface area contributed by atoms with Crippen LogP contribution >= 0.6 is 23.5 Å². The molecule has 0 radical (unpaired) electrons. The molecule has 0 unspecified atom stereocenters. The van der Waals surface area contributed by atoms with Gasteiger partial charge in [-0.3, -0.25) is 4.57 Å². The van der Waals surface area contributed by atoms with E-state index in [2.05, 4.69) is 20.9 Å². The first-order valence-corrected chi connectivity index (χ1v) is 7.19. The lowest BCUT2D eigenvalue weighted by Crippen LogP contribution is -1.95. The van der Waals surface area contributed by atoms with Crippen LogP contribution in [-0.4, -0.2) is 31.4 Å². The Balaban J connectivity index is 3.25. The van der Waals surface area contributed by atoms with Gasteiger partial charge in [-0.1, -0.05) is 0 Å². The molecule has 0 aliphatic rings. The van der Waals surface area contributed by atoms with Crippen molar-refractivity contribution < 1.29 is 23.5 Å². The predicted octanol–water partition coefficient (Wildman–Crippen LogP) is 3.20. The fourth-order valence-corrected chi connectivity index (χ4v) is 2.30. The normalized spacial score (nSPS) is 12.6. The van der Waals surface area contributed by atoms with Crippen LogP contribution in [0.25, 0.3) is 5.76 Å². The molecule has 1 aromatic heterocycles. The van der Waals surface area contributed by atoms with E-state index in [1.54, 1.807) is 6.07 Å². The fraction of sp³-hybridized carbons (Fsp3) is 0.300. The number of rotatable bonds is 5. The van der Waals surface area contributed by atoms with Gasteiger partial charge in [0.05, 0.1) is 18.5 Å².